The van der Waals surface area contributed by atoms with E-state index in [1.165, 1.54) is 18.2 Å². The summed E-state index contributed by atoms with van der Waals surface area (Å²) in [4.78, 5) is 23.2. The Hall–Kier alpha value is -2.61. The lowest BCUT2D eigenvalue weighted by molar-refractivity contribution is 0.0526. The molecule has 2 aromatic rings. The van der Waals surface area contributed by atoms with Crippen LogP contribution in [-0.2, 0) is 4.74 Å². The first-order valence-corrected chi connectivity index (χ1v) is 5.31. The largest absolute Gasteiger partial charge is 0.462 e. The fourth-order valence-electron chi connectivity index (χ4n) is 1.55. The van der Waals surface area contributed by atoms with Crippen LogP contribution in [0.5, 0.6) is 0 Å². The maximum absolute atomic E-state index is 11.7. The maximum Gasteiger partial charge on any atom is 0.338 e. The van der Waals surface area contributed by atoms with Gasteiger partial charge in [0, 0.05) is 6.07 Å². The second-order valence-corrected chi connectivity index (χ2v) is 3.52. The maximum atomic E-state index is 11.7. The molecular formula is C13H9NO4. The summed E-state index contributed by atoms with van der Waals surface area (Å²) in [5.74, 6) is -0.556. The number of fused-ring (bicyclic) bond motifs is 1. The summed E-state index contributed by atoms with van der Waals surface area (Å²) in [7, 11) is 0. The molecule has 0 aliphatic heterocycles. The van der Waals surface area contributed by atoms with Crippen molar-refractivity contribution in [1.29, 1.82) is 5.26 Å². The van der Waals surface area contributed by atoms with Gasteiger partial charge in [-0.05, 0) is 25.1 Å². The number of carbonyl (C=O) groups is 1. The van der Waals surface area contributed by atoms with Crippen LogP contribution in [-0.4, -0.2) is 12.6 Å². The first kappa shape index (κ1) is 11.9. The molecule has 18 heavy (non-hydrogen) atoms. The number of ether oxygens (including phenoxy) is 1. The molecule has 0 aliphatic carbocycles. The molecule has 5 nitrogen and oxygen atoms in total. The molecule has 1 aromatic carbocycles. The molecule has 0 fully saturated rings. The van der Waals surface area contributed by atoms with Crippen LogP contribution in [0.2, 0.25) is 0 Å². The number of esters is 1. The van der Waals surface area contributed by atoms with Crippen LogP contribution < -0.4 is 5.43 Å². The van der Waals surface area contributed by atoms with E-state index in [-0.39, 0.29) is 34.3 Å². The van der Waals surface area contributed by atoms with Crippen molar-refractivity contribution in [2.75, 3.05) is 6.61 Å². The zero-order valence-corrected chi connectivity index (χ0v) is 9.60. The topological polar surface area (TPSA) is 80.3 Å². The molecule has 0 spiro atoms. The van der Waals surface area contributed by atoms with Crippen LogP contribution in [0.15, 0.2) is 33.5 Å². The number of nitrogens with zero attached hydrogens (tertiary/aromatic N) is 1. The van der Waals surface area contributed by atoms with E-state index < -0.39 is 5.97 Å². The number of carbonyl (C=O) groups excluding carboxylic acids is 1. The Balaban J connectivity index is 2.60. The van der Waals surface area contributed by atoms with Crippen molar-refractivity contribution in [1.82, 2.24) is 0 Å². The third-order valence-corrected chi connectivity index (χ3v) is 2.35. The average Bonchev–Trinajstić information content (AvgIpc) is 2.38. The minimum atomic E-state index is -0.497. The fraction of sp³-hybridized carbons (Fsp3) is 0.154. The highest BCUT2D eigenvalue weighted by Crippen LogP contribution is 2.15. The van der Waals surface area contributed by atoms with E-state index in [0.29, 0.717) is 0 Å². The van der Waals surface area contributed by atoms with E-state index in [0.717, 1.165) is 6.07 Å². The first-order chi connectivity index (χ1) is 8.65. The van der Waals surface area contributed by atoms with Gasteiger partial charge in [0.1, 0.15) is 11.7 Å². The standard InChI is InChI=1S/C13H9NO4/c1-2-17-13(16)8-3-4-12-10(5-8)11(15)6-9(7-14)18-12/h3-6H,2H2,1H3. The zero-order chi connectivity index (χ0) is 13.1. The first-order valence-electron chi connectivity index (χ1n) is 5.31. The van der Waals surface area contributed by atoms with E-state index in [2.05, 4.69) is 0 Å². The molecule has 1 heterocycles. The molecule has 1 aromatic heterocycles. The van der Waals surface area contributed by atoms with Crippen molar-refractivity contribution in [2.24, 2.45) is 0 Å². The minimum absolute atomic E-state index is 0.0589. The molecule has 5 heteroatoms. The van der Waals surface area contributed by atoms with Crippen LogP contribution in [0.3, 0.4) is 0 Å². The smallest absolute Gasteiger partial charge is 0.338 e. The zero-order valence-electron chi connectivity index (χ0n) is 9.60. The highest BCUT2D eigenvalue weighted by molar-refractivity contribution is 5.94. The average molecular weight is 243 g/mol. The van der Waals surface area contributed by atoms with E-state index in [1.807, 2.05) is 0 Å². The molecule has 2 rings (SSSR count). The molecule has 0 saturated carbocycles. The van der Waals surface area contributed by atoms with Gasteiger partial charge in [0.25, 0.3) is 0 Å². The molecule has 0 saturated heterocycles. The van der Waals surface area contributed by atoms with Gasteiger partial charge in [-0.25, -0.2) is 4.79 Å². The fourth-order valence-corrected chi connectivity index (χ4v) is 1.55. The van der Waals surface area contributed by atoms with Gasteiger partial charge >= 0.3 is 5.97 Å². The third-order valence-electron chi connectivity index (χ3n) is 2.35. The molecule has 0 bridgehead atoms. The van der Waals surface area contributed by atoms with Crippen molar-refractivity contribution in [2.45, 2.75) is 6.92 Å². The van der Waals surface area contributed by atoms with Gasteiger partial charge in [0.2, 0.25) is 5.76 Å². The Bertz CT molecular complexity index is 709. The van der Waals surface area contributed by atoms with Gasteiger partial charge in [-0.15, -0.1) is 0 Å². The normalized spacial score (nSPS) is 10.0. The van der Waals surface area contributed by atoms with Gasteiger partial charge < -0.3 is 9.15 Å². The number of hydrogen-bond donors (Lipinski definition) is 0. The molecule has 0 atom stereocenters. The lowest BCUT2D eigenvalue weighted by Gasteiger charge is -2.02. The highest BCUT2D eigenvalue weighted by Gasteiger charge is 2.10. The predicted octanol–water partition coefficient (Wildman–Crippen LogP) is 1.84. The van der Waals surface area contributed by atoms with Crippen LogP contribution >= 0.6 is 0 Å². The van der Waals surface area contributed by atoms with Gasteiger partial charge in [-0.1, -0.05) is 0 Å². The second kappa shape index (κ2) is 4.72. The van der Waals surface area contributed by atoms with E-state index in [4.69, 9.17) is 14.4 Å². The van der Waals surface area contributed by atoms with Gasteiger partial charge in [0.15, 0.2) is 5.43 Å². The molecule has 0 radical (unpaired) electrons. The molecule has 0 unspecified atom stereocenters. The number of nitriles is 1. The molecule has 0 aliphatic rings. The Morgan fingerprint density at radius 2 is 2.22 bits per heavy atom. The van der Waals surface area contributed by atoms with Crippen molar-refractivity contribution in [3.63, 3.8) is 0 Å². The second-order valence-electron chi connectivity index (χ2n) is 3.52. The van der Waals surface area contributed by atoms with Gasteiger partial charge in [-0.3, -0.25) is 4.79 Å². The van der Waals surface area contributed by atoms with Crippen molar-refractivity contribution in [3.8, 4) is 6.07 Å². The summed E-state index contributed by atoms with van der Waals surface area (Å²) in [5.41, 5.74) is 0.187. The number of benzene rings is 1. The van der Waals surface area contributed by atoms with Crippen molar-refractivity contribution >= 4 is 16.9 Å². The van der Waals surface area contributed by atoms with Crippen LogP contribution in [0.4, 0.5) is 0 Å². The quantitative estimate of drug-likeness (QED) is 0.752. The summed E-state index contributed by atoms with van der Waals surface area (Å²) < 4.78 is 10.0. The molecule has 90 valence electrons. The Labute approximate surface area is 102 Å². The van der Waals surface area contributed by atoms with E-state index in [1.54, 1.807) is 13.0 Å². The van der Waals surface area contributed by atoms with Gasteiger partial charge in [-0.2, -0.15) is 5.26 Å². The summed E-state index contributed by atoms with van der Waals surface area (Å²) >= 11 is 0. The monoisotopic (exact) mass is 243 g/mol. The Kier molecular flexibility index (Phi) is 3.11. The lowest BCUT2D eigenvalue weighted by Crippen LogP contribution is -2.07. The SMILES string of the molecule is CCOC(=O)c1ccc2oc(C#N)cc(=O)c2c1. The molecule has 0 amide bonds. The molecule has 0 N–H and O–H groups in total. The summed E-state index contributed by atoms with van der Waals surface area (Å²) in [5, 5.41) is 8.93. The van der Waals surface area contributed by atoms with Crippen LogP contribution in [0.25, 0.3) is 11.0 Å². The van der Waals surface area contributed by atoms with E-state index >= 15 is 0 Å². The summed E-state index contributed by atoms with van der Waals surface area (Å²) in [6, 6.07) is 7.22. The van der Waals surface area contributed by atoms with Crippen molar-refractivity contribution < 1.29 is 13.9 Å². The Morgan fingerprint density at radius 1 is 1.44 bits per heavy atom. The Morgan fingerprint density at radius 3 is 2.89 bits per heavy atom. The predicted molar refractivity (Wildman–Crippen MR) is 63.2 cm³/mol. The van der Waals surface area contributed by atoms with E-state index in [9.17, 15) is 9.59 Å². The third kappa shape index (κ3) is 2.09. The number of rotatable bonds is 2. The number of hydrogen-bond acceptors (Lipinski definition) is 5. The van der Waals surface area contributed by atoms with Crippen LogP contribution in [0, 0.1) is 11.3 Å². The van der Waals surface area contributed by atoms with Gasteiger partial charge in [0.05, 0.1) is 17.6 Å². The van der Waals surface area contributed by atoms with Crippen LogP contribution in [0.1, 0.15) is 23.0 Å². The van der Waals surface area contributed by atoms with Crippen molar-refractivity contribution in [3.05, 3.63) is 45.8 Å². The molecular weight excluding hydrogens is 234 g/mol. The minimum Gasteiger partial charge on any atom is -0.462 e. The summed E-state index contributed by atoms with van der Waals surface area (Å²) in [6.45, 7) is 1.96. The highest BCUT2D eigenvalue weighted by atomic mass is 16.5. The summed E-state index contributed by atoms with van der Waals surface area (Å²) in [6.07, 6.45) is 0. The lowest BCUT2D eigenvalue weighted by atomic mass is 10.1.